The van der Waals surface area contributed by atoms with Crippen molar-refractivity contribution in [3.63, 3.8) is 0 Å². The third-order valence-electron chi connectivity index (χ3n) is 4.65. The largest absolute Gasteiger partial charge is 0.452 e. The van der Waals surface area contributed by atoms with Crippen LogP contribution in [0.5, 0.6) is 0 Å². The van der Waals surface area contributed by atoms with Crippen molar-refractivity contribution in [1.29, 1.82) is 0 Å². The summed E-state index contributed by atoms with van der Waals surface area (Å²) in [7, 11) is 0. The van der Waals surface area contributed by atoms with Gasteiger partial charge in [-0.15, -0.1) is 0 Å². The Morgan fingerprint density at radius 3 is 2.56 bits per heavy atom. The highest BCUT2D eigenvalue weighted by Crippen LogP contribution is 2.38. The summed E-state index contributed by atoms with van der Waals surface area (Å²) in [6.07, 6.45) is 2.23. The summed E-state index contributed by atoms with van der Waals surface area (Å²) in [5.74, 6) is -1.04. The number of benzene rings is 1. The maximum atomic E-state index is 12.3. The molecule has 0 atom stereocenters. The molecule has 0 unspecified atom stereocenters. The van der Waals surface area contributed by atoms with Crippen LogP contribution in [0, 0.1) is 30.9 Å². The van der Waals surface area contributed by atoms with E-state index in [1.807, 2.05) is 13.8 Å². The Bertz CT molecular complexity index is 928. The Morgan fingerprint density at radius 2 is 1.96 bits per heavy atom. The van der Waals surface area contributed by atoms with Crippen molar-refractivity contribution in [2.45, 2.75) is 39.7 Å². The molecule has 0 bridgehead atoms. The number of nitrogens with one attached hydrogen (secondary N) is 1. The number of hydrogen-bond acceptors (Lipinski definition) is 5. The van der Waals surface area contributed by atoms with Crippen LogP contribution in [0.15, 0.2) is 24.3 Å². The maximum absolute atomic E-state index is 12.3. The maximum Gasteiger partial charge on any atom is 0.340 e. The van der Waals surface area contributed by atoms with Gasteiger partial charge in [-0.1, -0.05) is 0 Å². The number of nitro groups is 1. The van der Waals surface area contributed by atoms with Crippen molar-refractivity contribution in [3.05, 3.63) is 56.9 Å². The lowest BCUT2D eigenvalue weighted by atomic mass is 10.2. The van der Waals surface area contributed by atoms with Crippen LogP contribution in [0.2, 0.25) is 0 Å². The predicted molar refractivity (Wildman–Crippen MR) is 98.9 cm³/mol. The normalized spacial score (nSPS) is 13.3. The molecule has 1 amide bonds. The quantitative estimate of drug-likeness (QED) is 0.476. The van der Waals surface area contributed by atoms with Gasteiger partial charge in [0.25, 0.3) is 11.6 Å². The number of non-ortho nitro benzene ring substituents is 1. The van der Waals surface area contributed by atoms with E-state index in [0.717, 1.165) is 24.2 Å². The molecule has 0 saturated heterocycles. The van der Waals surface area contributed by atoms with Crippen LogP contribution in [-0.2, 0) is 9.53 Å². The summed E-state index contributed by atoms with van der Waals surface area (Å²) in [4.78, 5) is 34.6. The number of aromatic nitrogens is 1. The number of aryl methyl sites for hydroxylation is 2. The standard InChI is InChI=1S/C19H21N3O5/c1-11-8-15(22(25)26)6-7-17(11)20-18(23)10-27-19(24)16-9-12(2)21(13(16)3)14-4-5-14/h6-9,14H,4-5,10H2,1-3H3,(H,20,23). The molecule has 1 N–H and O–H groups in total. The van der Waals surface area contributed by atoms with Gasteiger partial charge in [-0.05, 0) is 51.3 Å². The fraction of sp³-hybridized carbons (Fsp3) is 0.368. The van der Waals surface area contributed by atoms with Gasteiger partial charge in [0.1, 0.15) is 0 Å². The molecule has 0 aliphatic heterocycles. The van der Waals surface area contributed by atoms with Gasteiger partial charge in [0.2, 0.25) is 0 Å². The topological polar surface area (TPSA) is 103 Å². The molecular weight excluding hydrogens is 350 g/mol. The molecule has 0 spiro atoms. The van der Waals surface area contributed by atoms with E-state index in [0.29, 0.717) is 22.9 Å². The number of hydrogen-bond donors (Lipinski definition) is 1. The lowest BCUT2D eigenvalue weighted by Crippen LogP contribution is -2.21. The predicted octanol–water partition coefficient (Wildman–Crippen LogP) is 3.45. The van der Waals surface area contributed by atoms with Gasteiger partial charge in [0.15, 0.2) is 6.61 Å². The number of carbonyl (C=O) groups excluding carboxylic acids is 2. The van der Waals surface area contributed by atoms with Crippen LogP contribution in [0.25, 0.3) is 0 Å². The Hall–Kier alpha value is -3.16. The van der Waals surface area contributed by atoms with Gasteiger partial charge in [-0.3, -0.25) is 14.9 Å². The molecule has 27 heavy (non-hydrogen) atoms. The zero-order valence-corrected chi connectivity index (χ0v) is 15.4. The number of rotatable bonds is 6. The average Bonchev–Trinajstić information content (AvgIpc) is 3.39. The van der Waals surface area contributed by atoms with Crippen LogP contribution in [0.4, 0.5) is 11.4 Å². The molecule has 1 fully saturated rings. The molecular formula is C19H21N3O5. The minimum Gasteiger partial charge on any atom is -0.452 e. The van der Waals surface area contributed by atoms with Crippen molar-refractivity contribution in [1.82, 2.24) is 4.57 Å². The number of esters is 1. The lowest BCUT2D eigenvalue weighted by molar-refractivity contribution is -0.384. The van der Waals surface area contributed by atoms with E-state index >= 15 is 0 Å². The van der Waals surface area contributed by atoms with Gasteiger partial charge >= 0.3 is 5.97 Å². The second kappa shape index (κ2) is 7.22. The Kier molecular flexibility index (Phi) is 4.98. The fourth-order valence-corrected chi connectivity index (χ4v) is 3.18. The monoisotopic (exact) mass is 371 g/mol. The number of anilines is 1. The molecule has 1 aliphatic rings. The number of carbonyl (C=O) groups is 2. The van der Waals surface area contributed by atoms with Gasteiger partial charge in [-0.2, -0.15) is 0 Å². The van der Waals surface area contributed by atoms with E-state index in [9.17, 15) is 19.7 Å². The van der Waals surface area contributed by atoms with Crippen molar-refractivity contribution < 1.29 is 19.2 Å². The summed E-state index contributed by atoms with van der Waals surface area (Å²) in [5, 5.41) is 13.4. The van der Waals surface area contributed by atoms with E-state index < -0.39 is 23.4 Å². The molecule has 3 rings (SSSR count). The minimum absolute atomic E-state index is 0.0528. The first-order chi connectivity index (χ1) is 12.8. The highest BCUT2D eigenvalue weighted by Gasteiger charge is 2.28. The van der Waals surface area contributed by atoms with E-state index in [4.69, 9.17) is 4.74 Å². The van der Waals surface area contributed by atoms with Crippen molar-refractivity contribution >= 4 is 23.3 Å². The second-order valence-electron chi connectivity index (χ2n) is 6.77. The average molecular weight is 371 g/mol. The molecule has 1 aliphatic carbocycles. The lowest BCUT2D eigenvalue weighted by Gasteiger charge is -2.09. The Labute approximate surface area is 156 Å². The molecule has 2 aromatic rings. The summed E-state index contributed by atoms with van der Waals surface area (Å²) < 4.78 is 7.28. The van der Waals surface area contributed by atoms with Gasteiger partial charge in [-0.25, -0.2) is 4.79 Å². The third-order valence-corrected chi connectivity index (χ3v) is 4.65. The number of nitrogens with zero attached hydrogens (tertiary/aromatic N) is 2. The molecule has 0 radical (unpaired) electrons. The molecule has 1 saturated carbocycles. The van der Waals surface area contributed by atoms with Crippen LogP contribution >= 0.6 is 0 Å². The highest BCUT2D eigenvalue weighted by atomic mass is 16.6. The minimum atomic E-state index is -0.537. The van der Waals surface area contributed by atoms with Crippen LogP contribution in [0.3, 0.4) is 0 Å². The van der Waals surface area contributed by atoms with Crippen molar-refractivity contribution in [3.8, 4) is 0 Å². The third kappa shape index (κ3) is 3.99. The Morgan fingerprint density at radius 1 is 1.26 bits per heavy atom. The van der Waals surface area contributed by atoms with Gasteiger partial charge in [0.05, 0.1) is 10.5 Å². The first kappa shape index (κ1) is 18.6. The van der Waals surface area contributed by atoms with E-state index in [-0.39, 0.29) is 5.69 Å². The molecule has 8 heteroatoms. The van der Waals surface area contributed by atoms with Crippen molar-refractivity contribution in [2.24, 2.45) is 0 Å². The SMILES string of the molecule is Cc1cc([N+](=O)[O-])ccc1NC(=O)COC(=O)c1cc(C)n(C2CC2)c1C. The summed E-state index contributed by atoms with van der Waals surface area (Å²) in [6.45, 7) is 5.05. The zero-order valence-electron chi connectivity index (χ0n) is 15.4. The fourth-order valence-electron chi connectivity index (χ4n) is 3.18. The molecule has 1 aromatic carbocycles. The first-order valence-corrected chi connectivity index (χ1v) is 8.68. The molecule has 1 aromatic heterocycles. The van der Waals surface area contributed by atoms with E-state index in [1.54, 1.807) is 13.0 Å². The summed E-state index contributed by atoms with van der Waals surface area (Å²) >= 11 is 0. The number of amides is 1. The second-order valence-corrected chi connectivity index (χ2v) is 6.77. The zero-order chi connectivity index (χ0) is 19.7. The molecule has 1 heterocycles. The van der Waals surface area contributed by atoms with Crippen LogP contribution < -0.4 is 5.32 Å². The highest BCUT2D eigenvalue weighted by molar-refractivity contribution is 5.96. The van der Waals surface area contributed by atoms with Crippen LogP contribution in [0.1, 0.15) is 46.2 Å². The number of ether oxygens (including phenoxy) is 1. The van der Waals surface area contributed by atoms with Gasteiger partial charge in [0, 0.05) is 35.2 Å². The first-order valence-electron chi connectivity index (χ1n) is 8.68. The smallest absolute Gasteiger partial charge is 0.340 e. The molecule has 8 nitrogen and oxygen atoms in total. The van der Waals surface area contributed by atoms with Crippen molar-refractivity contribution in [2.75, 3.05) is 11.9 Å². The molecule has 142 valence electrons. The van der Waals surface area contributed by atoms with E-state index in [1.165, 1.54) is 18.2 Å². The number of nitro benzene ring substituents is 1. The Balaban J connectivity index is 1.60. The van der Waals surface area contributed by atoms with Crippen LogP contribution in [-0.4, -0.2) is 28.0 Å². The van der Waals surface area contributed by atoms with E-state index in [2.05, 4.69) is 9.88 Å². The summed E-state index contributed by atoms with van der Waals surface area (Å²) in [5.41, 5.74) is 3.27. The summed E-state index contributed by atoms with van der Waals surface area (Å²) in [6, 6.07) is 6.38. The van der Waals surface area contributed by atoms with Gasteiger partial charge < -0.3 is 14.6 Å².